The van der Waals surface area contributed by atoms with Crippen LogP contribution in [0.3, 0.4) is 0 Å². The first-order valence-corrected chi connectivity index (χ1v) is 5.51. The van der Waals surface area contributed by atoms with E-state index in [1.165, 1.54) is 6.92 Å². The first kappa shape index (κ1) is 16.8. The number of aliphatic hydroxyl groups is 3. The van der Waals surface area contributed by atoms with Crippen LogP contribution in [0.2, 0.25) is 0 Å². The molecule has 0 heterocycles. The molecule has 0 saturated heterocycles. The number of aliphatic hydroxyl groups excluding tert-OH is 3. The van der Waals surface area contributed by atoms with Crippen LogP contribution in [0, 0.1) is 0 Å². The predicted octanol–water partition coefficient (Wildman–Crippen LogP) is -3.03. The largest absolute Gasteiger partial charge is 0.394 e. The Labute approximate surface area is 105 Å². The number of ether oxygens (including phenoxy) is 1. The van der Waals surface area contributed by atoms with Gasteiger partial charge in [0.05, 0.1) is 32.0 Å². The monoisotopic (exact) mass is 264 g/mol. The van der Waals surface area contributed by atoms with Crippen molar-refractivity contribution < 1.29 is 29.6 Å². The van der Waals surface area contributed by atoms with Crippen molar-refractivity contribution in [3.05, 3.63) is 0 Å². The van der Waals surface area contributed by atoms with Gasteiger partial charge in [-0.05, 0) is 0 Å². The third-order valence-corrected chi connectivity index (χ3v) is 1.94. The Morgan fingerprint density at radius 2 is 1.89 bits per heavy atom. The predicted molar refractivity (Wildman–Crippen MR) is 61.6 cm³/mol. The lowest BCUT2D eigenvalue weighted by atomic mass is 10.3. The zero-order chi connectivity index (χ0) is 14.0. The number of amides is 2. The van der Waals surface area contributed by atoms with E-state index in [1.807, 2.05) is 0 Å². The van der Waals surface area contributed by atoms with Gasteiger partial charge in [0.1, 0.15) is 6.61 Å². The summed E-state index contributed by atoms with van der Waals surface area (Å²) in [5, 5.41) is 31.5. The lowest BCUT2D eigenvalue weighted by Gasteiger charge is -2.14. The molecule has 0 fully saturated rings. The smallest absolute Gasteiger partial charge is 0.246 e. The van der Waals surface area contributed by atoms with E-state index in [4.69, 9.17) is 14.9 Å². The molecular formula is C10H20N2O6. The Morgan fingerprint density at radius 1 is 1.28 bits per heavy atom. The van der Waals surface area contributed by atoms with Crippen molar-refractivity contribution in [1.29, 1.82) is 0 Å². The van der Waals surface area contributed by atoms with Gasteiger partial charge in [0.15, 0.2) is 0 Å². The molecule has 0 aromatic rings. The molecule has 1 atom stereocenters. The summed E-state index contributed by atoms with van der Waals surface area (Å²) in [5.41, 5.74) is 0. The first-order chi connectivity index (χ1) is 8.49. The van der Waals surface area contributed by atoms with E-state index in [0.717, 1.165) is 0 Å². The molecule has 8 heteroatoms. The standard InChI is InChI=1S/C10H20N2O6/c1-7(15)11-2-9(16)5-18-6-10(17)12-8(3-13)4-14/h8-9,13-14,16H,2-6H2,1H3,(H,11,15)(H,12,17). The molecule has 5 N–H and O–H groups in total. The van der Waals surface area contributed by atoms with Crippen LogP contribution in [0.25, 0.3) is 0 Å². The fraction of sp³-hybridized carbons (Fsp3) is 0.800. The number of hydrogen-bond acceptors (Lipinski definition) is 6. The minimum absolute atomic E-state index is 0.0485. The average Bonchev–Trinajstić information content (AvgIpc) is 2.33. The van der Waals surface area contributed by atoms with Gasteiger partial charge >= 0.3 is 0 Å². The molecule has 0 rings (SSSR count). The van der Waals surface area contributed by atoms with Gasteiger partial charge in [0.2, 0.25) is 11.8 Å². The molecule has 0 spiro atoms. The molecule has 0 aromatic carbocycles. The van der Waals surface area contributed by atoms with Crippen LogP contribution >= 0.6 is 0 Å². The Kier molecular flexibility index (Phi) is 9.11. The highest BCUT2D eigenvalue weighted by Gasteiger charge is 2.11. The maximum Gasteiger partial charge on any atom is 0.246 e. The number of hydrogen-bond donors (Lipinski definition) is 5. The zero-order valence-electron chi connectivity index (χ0n) is 10.3. The van der Waals surface area contributed by atoms with E-state index in [2.05, 4.69) is 10.6 Å². The van der Waals surface area contributed by atoms with Gasteiger partial charge in [-0.1, -0.05) is 0 Å². The molecule has 2 amide bonds. The molecule has 0 aromatic heterocycles. The van der Waals surface area contributed by atoms with Crippen molar-refractivity contribution in [3.63, 3.8) is 0 Å². The Balaban J connectivity index is 3.64. The summed E-state index contributed by atoms with van der Waals surface area (Å²) in [4.78, 5) is 21.8. The number of rotatable bonds is 9. The van der Waals surface area contributed by atoms with E-state index < -0.39 is 18.1 Å². The van der Waals surface area contributed by atoms with Crippen LogP contribution in [0.1, 0.15) is 6.92 Å². The van der Waals surface area contributed by atoms with Crippen LogP contribution in [0.4, 0.5) is 0 Å². The summed E-state index contributed by atoms with van der Waals surface area (Å²) in [7, 11) is 0. The van der Waals surface area contributed by atoms with Gasteiger partial charge in [-0.2, -0.15) is 0 Å². The maximum atomic E-state index is 11.2. The third-order valence-electron chi connectivity index (χ3n) is 1.94. The van der Waals surface area contributed by atoms with Crippen LogP contribution < -0.4 is 10.6 Å². The number of carbonyl (C=O) groups is 2. The highest BCUT2D eigenvalue weighted by Crippen LogP contribution is 1.86. The highest BCUT2D eigenvalue weighted by molar-refractivity contribution is 5.77. The average molecular weight is 264 g/mol. The molecular weight excluding hydrogens is 244 g/mol. The van der Waals surface area contributed by atoms with Crippen LogP contribution in [-0.2, 0) is 14.3 Å². The Bertz CT molecular complexity index is 257. The van der Waals surface area contributed by atoms with Crippen molar-refractivity contribution in [3.8, 4) is 0 Å². The van der Waals surface area contributed by atoms with Crippen molar-refractivity contribution in [2.75, 3.05) is 33.0 Å². The summed E-state index contributed by atoms with van der Waals surface area (Å²) >= 11 is 0. The van der Waals surface area contributed by atoms with Crippen molar-refractivity contribution >= 4 is 11.8 Å². The minimum Gasteiger partial charge on any atom is -0.394 e. The second-order valence-corrected chi connectivity index (χ2v) is 3.74. The second-order valence-electron chi connectivity index (χ2n) is 3.74. The Hall–Kier alpha value is -1.22. The van der Waals surface area contributed by atoms with Gasteiger partial charge in [0, 0.05) is 13.5 Å². The summed E-state index contributed by atoms with van der Waals surface area (Å²) < 4.78 is 4.90. The molecule has 0 aliphatic heterocycles. The molecule has 0 aliphatic rings. The summed E-state index contributed by atoms with van der Waals surface area (Å²) in [5.74, 6) is -0.768. The molecule has 106 valence electrons. The maximum absolute atomic E-state index is 11.2. The third kappa shape index (κ3) is 8.88. The zero-order valence-corrected chi connectivity index (χ0v) is 10.3. The molecule has 1 unspecified atom stereocenters. The SMILES string of the molecule is CC(=O)NCC(O)COCC(=O)NC(CO)CO. The quantitative estimate of drug-likeness (QED) is 0.301. The first-order valence-electron chi connectivity index (χ1n) is 5.51. The van der Waals surface area contributed by atoms with E-state index in [0.29, 0.717) is 0 Å². The lowest BCUT2D eigenvalue weighted by Crippen LogP contribution is -2.42. The number of carbonyl (C=O) groups excluding carboxylic acids is 2. The Morgan fingerprint density at radius 3 is 2.39 bits per heavy atom. The summed E-state index contributed by atoms with van der Waals surface area (Å²) in [6.45, 7) is 0.239. The second kappa shape index (κ2) is 9.77. The van der Waals surface area contributed by atoms with E-state index in [9.17, 15) is 14.7 Å². The molecule has 0 radical (unpaired) electrons. The summed E-state index contributed by atoms with van der Waals surface area (Å²) in [6.07, 6.45) is -0.895. The van der Waals surface area contributed by atoms with Crippen LogP contribution in [-0.4, -0.2) is 72.3 Å². The topological polar surface area (TPSA) is 128 Å². The van der Waals surface area contributed by atoms with Crippen LogP contribution in [0.15, 0.2) is 0 Å². The van der Waals surface area contributed by atoms with Gasteiger partial charge in [-0.15, -0.1) is 0 Å². The van der Waals surface area contributed by atoms with Gasteiger partial charge in [-0.3, -0.25) is 9.59 Å². The highest BCUT2D eigenvalue weighted by atomic mass is 16.5. The van der Waals surface area contributed by atoms with Crippen molar-refractivity contribution in [2.45, 2.75) is 19.1 Å². The normalized spacial score (nSPS) is 12.3. The fourth-order valence-corrected chi connectivity index (χ4v) is 1.03. The molecule has 0 aliphatic carbocycles. The van der Waals surface area contributed by atoms with Crippen molar-refractivity contribution in [2.24, 2.45) is 0 Å². The fourth-order valence-electron chi connectivity index (χ4n) is 1.03. The summed E-state index contributed by atoms with van der Waals surface area (Å²) in [6, 6.07) is -0.717. The van der Waals surface area contributed by atoms with Crippen LogP contribution in [0.5, 0.6) is 0 Å². The lowest BCUT2D eigenvalue weighted by molar-refractivity contribution is -0.128. The molecule has 18 heavy (non-hydrogen) atoms. The molecule has 8 nitrogen and oxygen atoms in total. The van der Waals surface area contributed by atoms with E-state index in [-0.39, 0.29) is 38.9 Å². The van der Waals surface area contributed by atoms with Gasteiger partial charge in [-0.25, -0.2) is 0 Å². The van der Waals surface area contributed by atoms with Gasteiger partial charge in [0.25, 0.3) is 0 Å². The van der Waals surface area contributed by atoms with E-state index in [1.54, 1.807) is 0 Å². The van der Waals surface area contributed by atoms with Crippen molar-refractivity contribution in [1.82, 2.24) is 10.6 Å². The molecule has 0 bridgehead atoms. The number of nitrogens with one attached hydrogen (secondary N) is 2. The minimum atomic E-state index is -0.895. The van der Waals surface area contributed by atoms with Gasteiger partial charge < -0.3 is 30.7 Å². The molecule has 0 saturated carbocycles. The van der Waals surface area contributed by atoms with E-state index >= 15 is 0 Å².